The van der Waals surface area contributed by atoms with E-state index >= 15 is 0 Å². The van der Waals surface area contributed by atoms with Crippen molar-refractivity contribution in [1.29, 1.82) is 0 Å². The summed E-state index contributed by atoms with van der Waals surface area (Å²) in [6.07, 6.45) is 8.13. The fraction of sp³-hybridized carbons (Fsp3) is 0.0392. The maximum atomic E-state index is 5.02. The molecule has 9 rings (SSSR count). The van der Waals surface area contributed by atoms with E-state index in [-0.39, 0.29) is 0 Å². The molecule has 0 unspecified atom stereocenters. The molecule has 262 valence electrons. The summed E-state index contributed by atoms with van der Waals surface area (Å²) < 4.78 is 2.13. The van der Waals surface area contributed by atoms with Gasteiger partial charge in [-0.1, -0.05) is 152 Å². The standard InChI is InChI=1S/C51H38N4/c1-3-12-35(4-2)47-33-48(39-13-7-5-8-14-39)54-51(53-47)40-25-23-38(24-26-40)45-18-11-15-43-31-41(27-29-46(43)45)36-19-21-37(22-20-36)42-28-30-50-49(32-42)52-34-55(50)44-16-9-6-10-17-44/h3-34H,1-2H3/b12-3-,35-4+. The van der Waals surface area contributed by atoms with Gasteiger partial charge in [-0.2, -0.15) is 0 Å². The second-order valence-electron chi connectivity index (χ2n) is 13.6. The molecule has 2 heterocycles. The highest BCUT2D eigenvalue weighted by Gasteiger charge is 2.13. The molecule has 4 nitrogen and oxygen atoms in total. The summed E-state index contributed by atoms with van der Waals surface area (Å²) in [4.78, 5) is 14.7. The highest BCUT2D eigenvalue weighted by atomic mass is 15.0. The number of hydrogen-bond acceptors (Lipinski definition) is 3. The van der Waals surface area contributed by atoms with Crippen LogP contribution in [0, 0.1) is 0 Å². The lowest BCUT2D eigenvalue weighted by Crippen LogP contribution is -1.97. The Morgan fingerprint density at radius 3 is 1.91 bits per heavy atom. The van der Waals surface area contributed by atoms with E-state index in [1.807, 2.05) is 50.5 Å². The smallest absolute Gasteiger partial charge is 0.160 e. The van der Waals surface area contributed by atoms with Crippen LogP contribution >= 0.6 is 0 Å². The summed E-state index contributed by atoms with van der Waals surface area (Å²) >= 11 is 0. The number of fused-ring (bicyclic) bond motifs is 2. The monoisotopic (exact) mass is 706 g/mol. The number of aromatic nitrogens is 4. The van der Waals surface area contributed by atoms with Crippen LogP contribution in [0.1, 0.15) is 19.5 Å². The minimum absolute atomic E-state index is 0.708. The van der Waals surface area contributed by atoms with E-state index in [0.717, 1.165) is 55.9 Å². The lowest BCUT2D eigenvalue weighted by molar-refractivity contribution is 1.09. The van der Waals surface area contributed by atoms with Gasteiger partial charge in [0.15, 0.2) is 5.82 Å². The third-order valence-corrected chi connectivity index (χ3v) is 10.2. The predicted octanol–water partition coefficient (Wildman–Crippen LogP) is 13.3. The number of rotatable bonds is 8. The SMILES string of the molecule is C/C=C\C(=C/C)c1cc(-c2ccccc2)nc(-c2ccc(-c3cccc4cc(-c5ccc(-c6ccc7c(c6)ncn7-c6ccccc6)cc5)ccc34)cc2)n1. The number of para-hydroxylation sites is 1. The summed E-state index contributed by atoms with van der Waals surface area (Å²) in [5.41, 5.74) is 15.1. The molecule has 7 aromatic carbocycles. The zero-order chi connectivity index (χ0) is 37.1. The molecular weight excluding hydrogens is 669 g/mol. The van der Waals surface area contributed by atoms with Crippen LogP contribution in [0.2, 0.25) is 0 Å². The van der Waals surface area contributed by atoms with Crippen molar-refractivity contribution in [3.63, 3.8) is 0 Å². The minimum atomic E-state index is 0.708. The molecule has 0 bridgehead atoms. The van der Waals surface area contributed by atoms with Crippen LogP contribution in [-0.4, -0.2) is 19.5 Å². The van der Waals surface area contributed by atoms with Crippen LogP contribution in [0.4, 0.5) is 0 Å². The van der Waals surface area contributed by atoms with Crippen molar-refractivity contribution in [1.82, 2.24) is 19.5 Å². The van der Waals surface area contributed by atoms with Crippen LogP contribution in [0.3, 0.4) is 0 Å². The summed E-state index contributed by atoms with van der Waals surface area (Å²) in [5.74, 6) is 0.708. The third-order valence-electron chi connectivity index (χ3n) is 10.2. The van der Waals surface area contributed by atoms with Crippen LogP contribution in [0.25, 0.3) is 89.1 Å². The van der Waals surface area contributed by atoms with E-state index in [0.29, 0.717) is 5.82 Å². The number of imidazole rings is 1. The molecule has 0 atom stereocenters. The van der Waals surface area contributed by atoms with Crippen molar-refractivity contribution in [2.75, 3.05) is 0 Å². The lowest BCUT2D eigenvalue weighted by atomic mass is 9.94. The Morgan fingerprint density at radius 1 is 0.527 bits per heavy atom. The molecule has 0 saturated carbocycles. The summed E-state index contributed by atoms with van der Waals surface area (Å²) in [6.45, 7) is 4.07. The third kappa shape index (κ3) is 6.67. The van der Waals surface area contributed by atoms with Gasteiger partial charge in [0.1, 0.15) is 6.33 Å². The first-order valence-electron chi connectivity index (χ1n) is 18.7. The minimum Gasteiger partial charge on any atom is -0.299 e. The van der Waals surface area contributed by atoms with Gasteiger partial charge in [-0.15, -0.1) is 0 Å². The van der Waals surface area contributed by atoms with Crippen molar-refractivity contribution >= 4 is 27.4 Å². The van der Waals surface area contributed by atoms with Crippen LogP contribution in [0.5, 0.6) is 0 Å². The zero-order valence-corrected chi connectivity index (χ0v) is 30.8. The Balaban J connectivity index is 0.986. The first kappa shape index (κ1) is 33.7. The van der Waals surface area contributed by atoms with Crippen LogP contribution < -0.4 is 0 Å². The van der Waals surface area contributed by atoms with Crippen molar-refractivity contribution in [2.24, 2.45) is 0 Å². The Kier molecular flexibility index (Phi) is 8.99. The molecule has 0 saturated heterocycles. The molecule has 0 aliphatic heterocycles. The summed E-state index contributed by atoms with van der Waals surface area (Å²) in [7, 11) is 0. The van der Waals surface area contributed by atoms with Gasteiger partial charge in [0, 0.05) is 16.8 Å². The molecule has 0 fully saturated rings. The number of nitrogens with zero attached hydrogens (tertiary/aromatic N) is 4. The van der Waals surface area contributed by atoms with Crippen molar-refractivity contribution in [2.45, 2.75) is 13.8 Å². The van der Waals surface area contributed by atoms with Gasteiger partial charge in [-0.05, 0) is 100.0 Å². The van der Waals surface area contributed by atoms with Gasteiger partial charge >= 0.3 is 0 Å². The highest BCUT2D eigenvalue weighted by molar-refractivity contribution is 5.99. The summed E-state index contributed by atoms with van der Waals surface area (Å²) in [6, 6.07) is 60.0. The molecule has 0 aliphatic rings. The average Bonchev–Trinajstić information content (AvgIpc) is 3.69. The second kappa shape index (κ2) is 14.7. The maximum absolute atomic E-state index is 5.02. The fourth-order valence-electron chi connectivity index (χ4n) is 7.35. The number of benzene rings is 7. The largest absolute Gasteiger partial charge is 0.299 e. The Morgan fingerprint density at radius 2 is 1.18 bits per heavy atom. The van der Waals surface area contributed by atoms with Crippen molar-refractivity contribution in [3.8, 4) is 61.7 Å². The van der Waals surface area contributed by atoms with E-state index in [1.54, 1.807) is 0 Å². The zero-order valence-electron chi connectivity index (χ0n) is 30.8. The molecule has 0 N–H and O–H groups in total. The number of hydrogen-bond donors (Lipinski definition) is 0. The molecule has 55 heavy (non-hydrogen) atoms. The van der Waals surface area contributed by atoms with Crippen LogP contribution in [-0.2, 0) is 0 Å². The van der Waals surface area contributed by atoms with Gasteiger partial charge in [0.2, 0.25) is 0 Å². The molecule has 9 aromatic rings. The van der Waals surface area contributed by atoms with Gasteiger partial charge in [0.25, 0.3) is 0 Å². The fourth-order valence-corrected chi connectivity index (χ4v) is 7.35. The van der Waals surface area contributed by atoms with E-state index in [1.165, 1.54) is 33.0 Å². The Hall–Kier alpha value is -7.17. The van der Waals surface area contributed by atoms with E-state index in [9.17, 15) is 0 Å². The molecule has 0 spiro atoms. The Bertz CT molecular complexity index is 2850. The maximum Gasteiger partial charge on any atom is 0.160 e. The van der Waals surface area contributed by atoms with Gasteiger partial charge in [-0.25, -0.2) is 15.0 Å². The van der Waals surface area contributed by atoms with Gasteiger partial charge < -0.3 is 0 Å². The topological polar surface area (TPSA) is 43.6 Å². The first-order valence-corrected chi connectivity index (χ1v) is 18.7. The first-order chi connectivity index (χ1) is 27.1. The molecule has 0 radical (unpaired) electrons. The summed E-state index contributed by atoms with van der Waals surface area (Å²) in [5, 5.41) is 2.42. The molecule has 0 amide bonds. The molecule has 0 aliphatic carbocycles. The van der Waals surface area contributed by atoms with E-state index in [4.69, 9.17) is 15.0 Å². The molecule has 4 heteroatoms. The van der Waals surface area contributed by atoms with E-state index in [2.05, 4.69) is 162 Å². The van der Waals surface area contributed by atoms with Crippen LogP contribution in [0.15, 0.2) is 194 Å². The second-order valence-corrected chi connectivity index (χ2v) is 13.6. The van der Waals surface area contributed by atoms with Gasteiger partial charge in [0.05, 0.1) is 22.4 Å². The van der Waals surface area contributed by atoms with Crippen molar-refractivity contribution < 1.29 is 0 Å². The quantitative estimate of drug-likeness (QED) is 0.148. The van der Waals surface area contributed by atoms with Crippen molar-refractivity contribution in [3.05, 3.63) is 200 Å². The highest BCUT2D eigenvalue weighted by Crippen LogP contribution is 2.35. The predicted molar refractivity (Wildman–Crippen MR) is 230 cm³/mol. The molecular formula is C51H38N4. The number of allylic oxidation sites excluding steroid dienone is 4. The van der Waals surface area contributed by atoms with Gasteiger partial charge in [-0.3, -0.25) is 4.57 Å². The molecule has 2 aromatic heterocycles. The van der Waals surface area contributed by atoms with E-state index < -0.39 is 0 Å². The average molecular weight is 707 g/mol. The normalized spacial score (nSPS) is 11.9. The lowest BCUT2D eigenvalue weighted by Gasteiger charge is -2.12. The Labute approximate surface area is 321 Å².